The number of benzene rings is 3. The van der Waals surface area contributed by atoms with Gasteiger partial charge >= 0.3 is 11.9 Å². The Morgan fingerprint density at radius 3 is 1.52 bits per heavy atom. The fraction of sp³-hybridized carbons (Fsp3) is 0.200. The van der Waals surface area contributed by atoms with Gasteiger partial charge in [0.1, 0.15) is 5.75 Å². The van der Waals surface area contributed by atoms with Crippen LogP contribution >= 0.6 is 0 Å². The zero-order valence-corrected chi connectivity index (χ0v) is 17.1. The SMILES string of the molecule is COC(=O)c1ccc(-c2ccc(C(=O)Oc3ccc(C(C)(C)C)cc3)cc2)cc1. The Labute approximate surface area is 171 Å². The van der Waals surface area contributed by atoms with Crippen molar-refractivity contribution in [2.24, 2.45) is 0 Å². The summed E-state index contributed by atoms with van der Waals surface area (Å²) in [5, 5.41) is 0. The van der Waals surface area contributed by atoms with E-state index in [4.69, 9.17) is 9.47 Å². The molecule has 0 unspecified atom stereocenters. The molecule has 0 saturated carbocycles. The second-order valence-electron chi connectivity index (χ2n) is 7.81. The highest BCUT2D eigenvalue weighted by Crippen LogP contribution is 2.25. The monoisotopic (exact) mass is 388 g/mol. The normalized spacial score (nSPS) is 11.0. The van der Waals surface area contributed by atoms with Crippen molar-refractivity contribution >= 4 is 11.9 Å². The molecule has 3 aromatic rings. The molecule has 0 fully saturated rings. The molecule has 0 radical (unpaired) electrons. The molecule has 148 valence electrons. The Hall–Kier alpha value is -3.40. The zero-order valence-electron chi connectivity index (χ0n) is 17.1. The third-order valence-corrected chi connectivity index (χ3v) is 4.69. The van der Waals surface area contributed by atoms with E-state index >= 15 is 0 Å². The third kappa shape index (κ3) is 4.91. The molecule has 0 aliphatic carbocycles. The van der Waals surface area contributed by atoms with Gasteiger partial charge < -0.3 is 9.47 Å². The van der Waals surface area contributed by atoms with Crippen LogP contribution in [0.25, 0.3) is 11.1 Å². The van der Waals surface area contributed by atoms with Gasteiger partial charge in [-0.1, -0.05) is 57.2 Å². The number of carbonyl (C=O) groups excluding carboxylic acids is 2. The van der Waals surface area contributed by atoms with Crippen LogP contribution in [-0.4, -0.2) is 19.0 Å². The molecule has 29 heavy (non-hydrogen) atoms. The molecule has 0 heterocycles. The fourth-order valence-corrected chi connectivity index (χ4v) is 2.90. The molecular weight excluding hydrogens is 364 g/mol. The maximum Gasteiger partial charge on any atom is 0.343 e. The Morgan fingerprint density at radius 1 is 0.655 bits per heavy atom. The number of esters is 2. The standard InChI is InChI=1S/C25H24O4/c1-25(2,3)21-13-15-22(16-14-21)29-24(27)20-11-7-18(8-12-20)17-5-9-19(10-6-17)23(26)28-4/h5-16H,1-4H3. The molecule has 4 heteroatoms. The molecule has 4 nitrogen and oxygen atoms in total. The van der Waals surface area contributed by atoms with Crippen LogP contribution in [0, 0.1) is 0 Å². The number of ether oxygens (including phenoxy) is 2. The maximum atomic E-state index is 12.4. The van der Waals surface area contributed by atoms with Gasteiger partial charge in [0.25, 0.3) is 0 Å². The molecule has 0 aromatic heterocycles. The summed E-state index contributed by atoms with van der Waals surface area (Å²) in [7, 11) is 1.35. The number of rotatable bonds is 4. The van der Waals surface area contributed by atoms with Crippen molar-refractivity contribution in [1.29, 1.82) is 0 Å². The Bertz CT molecular complexity index is 993. The van der Waals surface area contributed by atoms with Gasteiger partial charge in [0.15, 0.2) is 0 Å². The second kappa shape index (κ2) is 8.31. The van der Waals surface area contributed by atoms with E-state index in [-0.39, 0.29) is 11.4 Å². The predicted octanol–water partition coefficient (Wildman–Crippen LogP) is 5.66. The Kier molecular flexibility index (Phi) is 5.83. The van der Waals surface area contributed by atoms with Crippen molar-refractivity contribution in [3.63, 3.8) is 0 Å². The van der Waals surface area contributed by atoms with Gasteiger partial charge in [-0.3, -0.25) is 0 Å². The molecule has 0 aliphatic rings. The van der Waals surface area contributed by atoms with E-state index in [9.17, 15) is 9.59 Å². The van der Waals surface area contributed by atoms with Crippen LogP contribution in [0.5, 0.6) is 5.75 Å². The molecule has 0 amide bonds. The van der Waals surface area contributed by atoms with Crippen LogP contribution in [0.1, 0.15) is 47.1 Å². The van der Waals surface area contributed by atoms with E-state index in [0.717, 1.165) is 11.1 Å². The average Bonchev–Trinajstić information content (AvgIpc) is 2.73. The van der Waals surface area contributed by atoms with Crippen LogP contribution in [-0.2, 0) is 10.2 Å². The van der Waals surface area contributed by atoms with Crippen LogP contribution in [0.4, 0.5) is 0 Å². The van der Waals surface area contributed by atoms with Gasteiger partial charge in [0.05, 0.1) is 18.2 Å². The molecule has 0 spiro atoms. The summed E-state index contributed by atoms with van der Waals surface area (Å²) in [5.41, 5.74) is 4.07. The van der Waals surface area contributed by atoms with E-state index < -0.39 is 5.97 Å². The van der Waals surface area contributed by atoms with Gasteiger partial charge in [-0.15, -0.1) is 0 Å². The lowest BCUT2D eigenvalue weighted by atomic mass is 9.87. The fourth-order valence-electron chi connectivity index (χ4n) is 2.90. The first-order chi connectivity index (χ1) is 13.8. The van der Waals surface area contributed by atoms with Crippen LogP contribution in [0.15, 0.2) is 72.8 Å². The Morgan fingerprint density at radius 2 is 1.10 bits per heavy atom. The van der Waals surface area contributed by atoms with Gasteiger partial charge in [-0.25, -0.2) is 9.59 Å². The van der Waals surface area contributed by atoms with Gasteiger partial charge in [-0.05, 0) is 58.5 Å². The van der Waals surface area contributed by atoms with Crippen LogP contribution in [0.3, 0.4) is 0 Å². The molecular formula is C25H24O4. The summed E-state index contributed by atoms with van der Waals surface area (Å²) in [6.07, 6.45) is 0. The number of methoxy groups -OCH3 is 1. The lowest BCUT2D eigenvalue weighted by molar-refractivity contribution is 0.0600. The van der Waals surface area contributed by atoms with Crippen molar-refractivity contribution in [3.05, 3.63) is 89.5 Å². The lowest BCUT2D eigenvalue weighted by Gasteiger charge is -2.19. The van der Waals surface area contributed by atoms with E-state index in [1.165, 1.54) is 12.7 Å². The molecule has 0 bridgehead atoms. The minimum Gasteiger partial charge on any atom is -0.465 e. The molecule has 3 rings (SSSR count). The summed E-state index contributed by atoms with van der Waals surface area (Å²) in [4.78, 5) is 23.9. The number of carbonyl (C=O) groups is 2. The number of hydrogen-bond acceptors (Lipinski definition) is 4. The lowest BCUT2D eigenvalue weighted by Crippen LogP contribution is -2.11. The van der Waals surface area contributed by atoms with Gasteiger partial charge in [0, 0.05) is 0 Å². The summed E-state index contributed by atoms with van der Waals surface area (Å²) in [6.45, 7) is 6.41. The topological polar surface area (TPSA) is 52.6 Å². The summed E-state index contributed by atoms with van der Waals surface area (Å²) in [5.74, 6) is -0.253. The van der Waals surface area contributed by atoms with Crippen molar-refractivity contribution < 1.29 is 19.1 Å². The minimum atomic E-state index is -0.402. The van der Waals surface area contributed by atoms with Crippen molar-refractivity contribution in [2.45, 2.75) is 26.2 Å². The zero-order chi connectivity index (χ0) is 21.0. The van der Waals surface area contributed by atoms with Gasteiger partial charge in [0.2, 0.25) is 0 Å². The minimum absolute atomic E-state index is 0.0490. The second-order valence-corrected chi connectivity index (χ2v) is 7.81. The van der Waals surface area contributed by atoms with Crippen molar-refractivity contribution in [2.75, 3.05) is 7.11 Å². The molecule has 0 aliphatic heterocycles. The first-order valence-electron chi connectivity index (χ1n) is 9.39. The first kappa shape index (κ1) is 20.3. The van der Waals surface area contributed by atoms with Crippen molar-refractivity contribution in [3.8, 4) is 16.9 Å². The van der Waals surface area contributed by atoms with E-state index in [1.54, 1.807) is 24.3 Å². The molecule has 0 N–H and O–H groups in total. The highest BCUT2D eigenvalue weighted by Gasteiger charge is 2.14. The van der Waals surface area contributed by atoms with E-state index in [2.05, 4.69) is 20.8 Å². The van der Waals surface area contributed by atoms with Crippen LogP contribution in [0.2, 0.25) is 0 Å². The molecule has 3 aromatic carbocycles. The van der Waals surface area contributed by atoms with E-state index in [1.807, 2.05) is 48.5 Å². The van der Waals surface area contributed by atoms with Crippen molar-refractivity contribution in [1.82, 2.24) is 0 Å². The quantitative estimate of drug-likeness (QED) is 0.428. The largest absolute Gasteiger partial charge is 0.465 e. The molecule has 0 atom stereocenters. The van der Waals surface area contributed by atoms with Gasteiger partial charge in [-0.2, -0.15) is 0 Å². The third-order valence-electron chi connectivity index (χ3n) is 4.69. The number of hydrogen-bond donors (Lipinski definition) is 0. The summed E-state index contributed by atoms with van der Waals surface area (Å²) in [6, 6.07) is 21.9. The van der Waals surface area contributed by atoms with Crippen LogP contribution < -0.4 is 4.74 Å². The van der Waals surface area contributed by atoms with E-state index in [0.29, 0.717) is 16.9 Å². The highest BCUT2D eigenvalue weighted by molar-refractivity contribution is 5.92. The smallest absolute Gasteiger partial charge is 0.343 e. The average molecular weight is 388 g/mol. The Balaban J connectivity index is 1.69. The summed E-state index contributed by atoms with van der Waals surface area (Å²) >= 11 is 0. The first-order valence-corrected chi connectivity index (χ1v) is 9.39. The maximum absolute atomic E-state index is 12.4. The predicted molar refractivity (Wildman–Crippen MR) is 113 cm³/mol. The highest BCUT2D eigenvalue weighted by atomic mass is 16.5. The summed E-state index contributed by atoms with van der Waals surface area (Å²) < 4.78 is 10.2. The molecule has 0 saturated heterocycles.